The van der Waals surface area contributed by atoms with Crippen molar-refractivity contribution in [1.29, 1.82) is 0 Å². The van der Waals surface area contributed by atoms with Crippen molar-refractivity contribution in [1.82, 2.24) is 14.9 Å². The highest BCUT2D eigenvalue weighted by Crippen LogP contribution is 2.34. The van der Waals surface area contributed by atoms with Crippen LogP contribution in [0, 0.1) is 0 Å². The van der Waals surface area contributed by atoms with Crippen molar-refractivity contribution in [3.05, 3.63) is 42.7 Å². The first-order valence-electron chi connectivity index (χ1n) is 8.47. The summed E-state index contributed by atoms with van der Waals surface area (Å²) in [6, 6.07) is 12.3. The second kappa shape index (κ2) is 8.07. The molecule has 2 aromatic heterocycles. The summed E-state index contributed by atoms with van der Waals surface area (Å²) in [6.45, 7) is 3.14. The van der Waals surface area contributed by atoms with Gasteiger partial charge >= 0.3 is 0 Å². The third kappa shape index (κ3) is 4.14. The van der Waals surface area contributed by atoms with Gasteiger partial charge in [-0.05, 0) is 18.1 Å². The zero-order valence-electron chi connectivity index (χ0n) is 14.5. The number of hydrogen-bond acceptors (Lipinski definition) is 5. The van der Waals surface area contributed by atoms with Crippen LogP contribution in [0.1, 0.15) is 19.8 Å². The van der Waals surface area contributed by atoms with Crippen molar-refractivity contribution in [2.75, 3.05) is 25.5 Å². The van der Waals surface area contributed by atoms with E-state index in [9.17, 15) is 4.79 Å². The summed E-state index contributed by atoms with van der Waals surface area (Å²) >= 11 is 1.63. The van der Waals surface area contributed by atoms with Crippen LogP contribution in [0.2, 0.25) is 0 Å². The lowest BCUT2D eigenvalue weighted by molar-refractivity contribution is -0.128. The topological polar surface area (TPSA) is 58.1 Å². The predicted molar refractivity (Wildman–Crippen MR) is 104 cm³/mol. The lowest BCUT2D eigenvalue weighted by atomic mass is 10.2. The van der Waals surface area contributed by atoms with E-state index in [2.05, 4.69) is 40.4 Å². The van der Waals surface area contributed by atoms with Crippen molar-refractivity contribution >= 4 is 33.3 Å². The van der Waals surface area contributed by atoms with E-state index in [1.54, 1.807) is 22.6 Å². The number of carbonyl (C=O) groups is 1. The smallest absolute Gasteiger partial charge is 0.241 e. The molecule has 0 spiro atoms. The molecule has 0 fully saturated rings. The molecule has 1 aromatic carbocycles. The molecule has 0 aliphatic heterocycles. The minimum absolute atomic E-state index is 0.0683. The van der Waals surface area contributed by atoms with Gasteiger partial charge in [0.2, 0.25) is 5.91 Å². The summed E-state index contributed by atoms with van der Waals surface area (Å²) in [5.41, 5.74) is 1.16. The number of aromatic nitrogens is 2. The third-order valence-electron chi connectivity index (χ3n) is 4.07. The highest BCUT2D eigenvalue weighted by Gasteiger charge is 2.12. The number of unbranched alkanes of at least 4 members (excludes halogenated alkanes) is 1. The molecule has 25 heavy (non-hydrogen) atoms. The van der Waals surface area contributed by atoms with Crippen molar-refractivity contribution in [3.8, 4) is 10.4 Å². The molecule has 6 heteroatoms. The molecular formula is C19H22N4OS. The van der Waals surface area contributed by atoms with Crippen LogP contribution >= 0.6 is 11.3 Å². The van der Waals surface area contributed by atoms with Crippen LogP contribution in [-0.4, -0.2) is 40.9 Å². The molecule has 2 heterocycles. The first-order valence-corrected chi connectivity index (χ1v) is 9.28. The van der Waals surface area contributed by atoms with Gasteiger partial charge in [-0.1, -0.05) is 43.7 Å². The van der Waals surface area contributed by atoms with Crippen molar-refractivity contribution in [3.63, 3.8) is 0 Å². The first kappa shape index (κ1) is 17.4. The molecular weight excluding hydrogens is 332 g/mol. The average molecular weight is 354 g/mol. The highest BCUT2D eigenvalue weighted by atomic mass is 32.1. The lowest BCUT2D eigenvalue weighted by Crippen LogP contribution is -2.33. The summed E-state index contributed by atoms with van der Waals surface area (Å²) in [6.07, 6.45) is 3.64. The normalized spacial score (nSPS) is 10.8. The Morgan fingerprint density at radius 2 is 2.04 bits per heavy atom. The molecule has 0 unspecified atom stereocenters. The van der Waals surface area contributed by atoms with Crippen LogP contribution in [0.5, 0.6) is 0 Å². The van der Waals surface area contributed by atoms with E-state index < -0.39 is 0 Å². The molecule has 130 valence electrons. The van der Waals surface area contributed by atoms with E-state index in [-0.39, 0.29) is 12.5 Å². The average Bonchev–Trinajstić information content (AvgIpc) is 3.09. The molecule has 5 nitrogen and oxygen atoms in total. The van der Waals surface area contributed by atoms with E-state index in [1.165, 1.54) is 0 Å². The van der Waals surface area contributed by atoms with Crippen molar-refractivity contribution in [2.24, 2.45) is 0 Å². The van der Waals surface area contributed by atoms with Gasteiger partial charge in [0, 0.05) is 18.5 Å². The number of nitrogens with zero attached hydrogens (tertiary/aromatic N) is 3. The number of benzene rings is 1. The number of thiophene rings is 1. The Balaban J connectivity index is 1.76. The molecule has 0 radical (unpaired) electrons. The minimum Gasteiger partial charge on any atom is -0.360 e. The Bertz CT molecular complexity index is 847. The van der Waals surface area contributed by atoms with Crippen molar-refractivity contribution < 1.29 is 4.79 Å². The lowest BCUT2D eigenvalue weighted by Gasteiger charge is -2.17. The number of likely N-dealkylation sites (N-methyl/N-ethyl adjacent to an activating group) is 1. The zero-order chi connectivity index (χ0) is 17.6. The van der Waals surface area contributed by atoms with Gasteiger partial charge in [-0.25, -0.2) is 9.97 Å². The monoisotopic (exact) mass is 354 g/mol. The van der Waals surface area contributed by atoms with Gasteiger partial charge in [0.1, 0.15) is 17.0 Å². The minimum atomic E-state index is 0.0683. The molecule has 1 amide bonds. The fourth-order valence-electron chi connectivity index (χ4n) is 2.56. The van der Waals surface area contributed by atoms with Gasteiger partial charge in [0.25, 0.3) is 0 Å². The van der Waals surface area contributed by atoms with Crippen molar-refractivity contribution in [2.45, 2.75) is 19.8 Å². The molecule has 1 N–H and O–H groups in total. The molecule has 3 aromatic rings. The molecule has 0 aliphatic carbocycles. The molecule has 0 saturated carbocycles. The Morgan fingerprint density at radius 1 is 1.24 bits per heavy atom. The molecule has 0 saturated heterocycles. The second-order valence-electron chi connectivity index (χ2n) is 5.94. The maximum Gasteiger partial charge on any atom is 0.241 e. The van der Waals surface area contributed by atoms with Gasteiger partial charge in [-0.3, -0.25) is 4.79 Å². The Morgan fingerprint density at radius 3 is 2.80 bits per heavy atom. The summed E-state index contributed by atoms with van der Waals surface area (Å²) < 4.78 is 0. The molecule has 0 bridgehead atoms. The van der Waals surface area contributed by atoms with E-state index in [0.29, 0.717) is 5.82 Å². The van der Waals surface area contributed by atoms with E-state index >= 15 is 0 Å². The zero-order valence-corrected chi connectivity index (χ0v) is 15.3. The number of rotatable bonds is 7. The maximum atomic E-state index is 12.2. The highest BCUT2D eigenvalue weighted by molar-refractivity contribution is 7.21. The van der Waals surface area contributed by atoms with E-state index in [0.717, 1.165) is 40.0 Å². The number of hydrogen-bond donors (Lipinski definition) is 1. The number of carbonyl (C=O) groups excluding carboxylic acids is 1. The van der Waals surface area contributed by atoms with E-state index in [1.807, 2.05) is 25.2 Å². The van der Waals surface area contributed by atoms with Gasteiger partial charge in [-0.2, -0.15) is 0 Å². The Kier molecular flexibility index (Phi) is 5.60. The van der Waals surface area contributed by atoms with E-state index in [4.69, 9.17) is 0 Å². The summed E-state index contributed by atoms with van der Waals surface area (Å²) in [7, 11) is 1.84. The fourth-order valence-corrected chi connectivity index (χ4v) is 3.56. The number of fused-ring (bicyclic) bond motifs is 1. The summed E-state index contributed by atoms with van der Waals surface area (Å²) in [5, 5.41) is 4.13. The molecule has 0 aliphatic rings. The van der Waals surface area contributed by atoms with Crippen LogP contribution in [0.3, 0.4) is 0 Å². The van der Waals surface area contributed by atoms with Crippen LogP contribution in [0.4, 0.5) is 5.82 Å². The Labute approximate surface area is 151 Å². The quantitative estimate of drug-likeness (QED) is 0.696. The number of nitrogens with one attached hydrogen (secondary N) is 1. The summed E-state index contributed by atoms with van der Waals surface area (Å²) in [5.74, 6) is 0.777. The third-order valence-corrected chi connectivity index (χ3v) is 5.16. The van der Waals surface area contributed by atoms with Gasteiger partial charge in [-0.15, -0.1) is 11.3 Å². The van der Waals surface area contributed by atoms with Gasteiger partial charge in [0.15, 0.2) is 0 Å². The maximum absolute atomic E-state index is 12.2. The van der Waals surface area contributed by atoms with Crippen LogP contribution in [0.25, 0.3) is 20.7 Å². The first-order chi connectivity index (χ1) is 12.2. The van der Waals surface area contributed by atoms with Gasteiger partial charge < -0.3 is 10.2 Å². The fraction of sp³-hybridized carbons (Fsp3) is 0.316. The predicted octanol–water partition coefficient (Wildman–Crippen LogP) is 4.03. The largest absolute Gasteiger partial charge is 0.360 e. The standard InChI is InChI=1S/C19H22N4OS/c1-3-4-10-23(2)17(24)12-20-18-15-11-16(14-8-6-5-7-9-14)25-19(15)22-13-21-18/h5-9,11,13H,3-4,10,12H2,1-2H3,(H,20,21,22). The summed E-state index contributed by atoms with van der Waals surface area (Å²) in [4.78, 5) is 24.7. The van der Waals surface area contributed by atoms with Crippen LogP contribution < -0.4 is 5.32 Å². The van der Waals surface area contributed by atoms with Gasteiger partial charge in [0.05, 0.1) is 11.9 Å². The second-order valence-corrected chi connectivity index (χ2v) is 6.97. The molecule has 0 atom stereocenters. The van der Waals surface area contributed by atoms with Crippen LogP contribution in [-0.2, 0) is 4.79 Å². The number of amides is 1. The SMILES string of the molecule is CCCCN(C)C(=O)CNc1ncnc2sc(-c3ccccc3)cc12. The molecule has 3 rings (SSSR count). The number of anilines is 1. The Hall–Kier alpha value is -2.47. The van der Waals surface area contributed by atoms with Crippen LogP contribution in [0.15, 0.2) is 42.7 Å².